The van der Waals surface area contributed by atoms with E-state index in [-0.39, 0.29) is 12.6 Å². The van der Waals surface area contributed by atoms with Gasteiger partial charge in [-0.25, -0.2) is 4.79 Å². The van der Waals surface area contributed by atoms with Crippen LogP contribution in [-0.4, -0.2) is 60.1 Å². The number of alkyl carbamates (subject to hydrolysis) is 1. The highest BCUT2D eigenvalue weighted by Gasteiger charge is 2.42. The Balaban J connectivity index is 2.43. The number of carbonyl (C=O) groups excluding carboxylic acids is 4. The van der Waals surface area contributed by atoms with Crippen LogP contribution < -0.4 is 10.6 Å². The Hall–Kier alpha value is -3.10. The molecule has 34 heavy (non-hydrogen) atoms. The van der Waals surface area contributed by atoms with E-state index in [0.29, 0.717) is 5.56 Å². The van der Waals surface area contributed by atoms with Crippen molar-refractivity contribution in [1.29, 1.82) is 0 Å². The SMILES string of the molecule is COC(=O)CNC(=O)C(c1c(C)cccc1C)N(C(=O)C(C)NC(=O)OC(C)(C)C)C1CCC1. The molecule has 2 N–H and O–H groups in total. The number of carbonyl (C=O) groups is 4. The molecule has 0 saturated heterocycles. The molecule has 0 aromatic heterocycles. The predicted molar refractivity (Wildman–Crippen MR) is 127 cm³/mol. The first-order chi connectivity index (χ1) is 15.9. The van der Waals surface area contributed by atoms with Crippen molar-refractivity contribution < 1.29 is 28.7 Å². The molecule has 0 spiro atoms. The van der Waals surface area contributed by atoms with Crippen molar-refractivity contribution in [1.82, 2.24) is 15.5 Å². The number of hydrogen-bond acceptors (Lipinski definition) is 6. The van der Waals surface area contributed by atoms with Gasteiger partial charge in [-0.3, -0.25) is 14.4 Å². The fraction of sp³-hybridized carbons (Fsp3) is 0.600. The molecule has 1 saturated carbocycles. The summed E-state index contributed by atoms with van der Waals surface area (Å²) in [5, 5.41) is 5.21. The van der Waals surface area contributed by atoms with E-state index in [1.807, 2.05) is 32.0 Å². The van der Waals surface area contributed by atoms with Gasteiger partial charge in [-0.2, -0.15) is 0 Å². The van der Waals surface area contributed by atoms with E-state index in [0.717, 1.165) is 30.4 Å². The number of rotatable bonds is 8. The Bertz CT molecular complexity index is 899. The molecule has 2 rings (SSSR count). The maximum absolute atomic E-state index is 13.7. The standard InChI is InChI=1S/C25H37N3O6/c1-15-10-8-11-16(2)20(15)21(22(30)26-14-19(29)33-7)28(18-12-9-13-18)23(31)17(3)27-24(32)34-25(4,5)6/h8,10-11,17-18,21H,9,12-14H2,1-7H3,(H,26,30)(H,27,32). The van der Waals surface area contributed by atoms with Crippen LogP contribution in [0.25, 0.3) is 0 Å². The minimum atomic E-state index is -0.966. The van der Waals surface area contributed by atoms with Gasteiger partial charge in [0.15, 0.2) is 0 Å². The summed E-state index contributed by atoms with van der Waals surface area (Å²) in [7, 11) is 1.24. The molecule has 2 unspecified atom stereocenters. The molecule has 1 fully saturated rings. The van der Waals surface area contributed by atoms with Gasteiger partial charge >= 0.3 is 12.1 Å². The molecule has 0 bridgehead atoms. The third kappa shape index (κ3) is 6.95. The number of ether oxygens (including phenoxy) is 2. The van der Waals surface area contributed by atoms with E-state index >= 15 is 0 Å². The van der Waals surface area contributed by atoms with Gasteiger partial charge in [-0.1, -0.05) is 18.2 Å². The third-order valence-corrected chi connectivity index (χ3v) is 5.80. The van der Waals surface area contributed by atoms with Crippen LogP contribution in [0, 0.1) is 13.8 Å². The molecule has 188 valence electrons. The molecule has 1 aromatic rings. The first-order valence-corrected chi connectivity index (χ1v) is 11.6. The Kier molecular flexibility index (Phi) is 9.06. The van der Waals surface area contributed by atoms with Crippen molar-refractivity contribution in [3.8, 4) is 0 Å². The van der Waals surface area contributed by atoms with Crippen molar-refractivity contribution in [3.05, 3.63) is 34.9 Å². The average Bonchev–Trinajstić information content (AvgIpc) is 2.69. The van der Waals surface area contributed by atoms with Gasteiger partial charge in [0.25, 0.3) is 0 Å². The maximum Gasteiger partial charge on any atom is 0.408 e. The van der Waals surface area contributed by atoms with Crippen LogP contribution in [0.15, 0.2) is 18.2 Å². The Morgan fingerprint density at radius 1 is 1.12 bits per heavy atom. The molecule has 0 heterocycles. The monoisotopic (exact) mass is 475 g/mol. The third-order valence-electron chi connectivity index (χ3n) is 5.80. The van der Waals surface area contributed by atoms with Crippen LogP contribution in [-0.2, 0) is 23.9 Å². The predicted octanol–water partition coefficient (Wildman–Crippen LogP) is 2.93. The fourth-order valence-electron chi connectivity index (χ4n) is 3.94. The largest absolute Gasteiger partial charge is 0.468 e. The lowest BCUT2D eigenvalue weighted by Gasteiger charge is -2.44. The van der Waals surface area contributed by atoms with Gasteiger partial charge in [0, 0.05) is 6.04 Å². The van der Waals surface area contributed by atoms with Gasteiger partial charge in [-0.15, -0.1) is 0 Å². The molecular weight excluding hydrogens is 438 g/mol. The van der Waals surface area contributed by atoms with Crippen molar-refractivity contribution in [2.75, 3.05) is 13.7 Å². The zero-order valence-electron chi connectivity index (χ0n) is 21.2. The lowest BCUT2D eigenvalue weighted by Crippen LogP contribution is -2.57. The molecule has 1 aromatic carbocycles. The summed E-state index contributed by atoms with van der Waals surface area (Å²) in [4.78, 5) is 52.7. The van der Waals surface area contributed by atoms with Gasteiger partial charge < -0.3 is 25.0 Å². The van der Waals surface area contributed by atoms with E-state index < -0.39 is 41.6 Å². The van der Waals surface area contributed by atoms with E-state index in [9.17, 15) is 19.2 Å². The van der Waals surface area contributed by atoms with Gasteiger partial charge in [0.1, 0.15) is 24.2 Å². The first-order valence-electron chi connectivity index (χ1n) is 11.6. The summed E-state index contributed by atoms with van der Waals surface area (Å²) in [5.74, 6) is -1.46. The Labute approximate surface area is 201 Å². The number of nitrogens with one attached hydrogen (secondary N) is 2. The van der Waals surface area contributed by atoms with Crippen molar-refractivity contribution >= 4 is 23.9 Å². The summed E-state index contributed by atoms with van der Waals surface area (Å²) in [5.41, 5.74) is 1.69. The minimum absolute atomic E-state index is 0.164. The minimum Gasteiger partial charge on any atom is -0.468 e. The molecule has 0 aliphatic heterocycles. The van der Waals surface area contributed by atoms with Crippen molar-refractivity contribution in [3.63, 3.8) is 0 Å². The summed E-state index contributed by atoms with van der Waals surface area (Å²) < 4.78 is 9.94. The van der Waals surface area contributed by atoms with Gasteiger partial charge in [0.05, 0.1) is 7.11 Å². The number of benzene rings is 1. The Morgan fingerprint density at radius 2 is 1.71 bits per heavy atom. The lowest BCUT2D eigenvalue weighted by molar-refractivity contribution is -0.148. The number of esters is 1. The van der Waals surface area contributed by atoms with Gasteiger partial charge in [-0.05, 0) is 77.5 Å². The van der Waals surface area contributed by atoms with E-state index in [1.165, 1.54) is 7.11 Å². The normalized spacial score (nSPS) is 15.4. The van der Waals surface area contributed by atoms with Crippen LogP contribution >= 0.6 is 0 Å². The van der Waals surface area contributed by atoms with Crippen molar-refractivity contribution in [2.24, 2.45) is 0 Å². The summed E-state index contributed by atoms with van der Waals surface area (Å²) in [6.07, 6.45) is 1.72. The zero-order chi connectivity index (χ0) is 25.6. The summed E-state index contributed by atoms with van der Waals surface area (Å²) in [6, 6.07) is 3.61. The van der Waals surface area contributed by atoms with Crippen LogP contribution in [0.5, 0.6) is 0 Å². The maximum atomic E-state index is 13.7. The molecule has 1 aliphatic rings. The number of methoxy groups -OCH3 is 1. The second-order valence-corrected chi connectivity index (χ2v) is 9.70. The molecule has 3 amide bonds. The van der Waals surface area contributed by atoms with Crippen LogP contribution in [0.3, 0.4) is 0 Å². The Morgan fingerprint density at radius 3 is 2.18 bits per heavy atom. The number of nitrogens with zero attached hydrogens (tertiary/aromatic N) is 1. The molecule has 1 aliphatic carbocycles. The van der Waals surface area contributed by atoms with E-state index in [4.69, 9.17) is 4.74 Å². The topological polar surface area (TPSA) is 114 Å². The molecule has 2 atom stereocenters. The molecule has 9 heteroatoms. The second kappa shape index (κ2) is 11.4. The second-order valence-electron chi connectivity index (χ2n) is 9.70. The summed E-state index contributed by atoms with van der Waals surface area (Å²) >= 11 is 0. The average molecular weight is 476 g/mol. The highest BCUT2D eigenvalue weighted by molar-refractivity contribution is 5.93. The van der Waals surface area contributed by atoms with E-state index in [1.54, 1.807) is 32.6 Å². The molecule has 9 nitrogen and oxygen atoms in total. The van der Waals surface area contributed by atoms with Crippen LogP contribution in [0.4, 0.5) is 4.79 Å². The first kappa shape index (κ1) is 27.1. The zero-order valence-corrected chi connectivity index (χ0v) is 21.2. The molecular formula is C25H37N3O6. The molecule has 0 radical (unpaired) electrons. The quantitative estimate of drug-likeness (QED) is 0.559. The fourth-order valence-corrected chi connectivity index (χ4v) is 3.94. The smallest absolute Gasteiger partial charge is 0.408 e. The van der Waals surface area contributed by atoms with Crippen LogP contribution in [0.1, 0.15) is 69.7 Å². The highest BCUT2D eigenvalue weighted by atomic mass is 16.6. The lowest BCUT2D eigenvalue weighted by atomic mass is 9.86. The summed E-state index contributed by atoms with van der Waals surface area (Å²) in [6.45, 7) is 10.2. The number of aryl methyl sites for hydroxylation is 2. The highest BCUT2D eigenvalue weighted by Crippen LogP contribution is 2.36. The van der Waals surface area contributed by atoms with Crippen molar-refractivity contribution in [2.45, 2.75) is 84.5 Å². The van der Waals surface area contributed by atoms with E-state index in [2.05, 4.69) is 15.4 Å². The number of amides is 3. The van der Waals surface area contributed by atoms with Gasteiger partial charge in [0.2, 0.25) is 11.8 Å². The van der Waals surface area contributed by atoms with Crippen LogP contribution in [0.2, 0.25) is 0 Å². The number of hydrogen-bond donors (Lipinski definition) is 2.